The minimum atomic E-state index is -2.89. The molecule has 0 aromatic carbocycles. The summed E-state index contributed by atoms with van der Waals surface area (Å²) >= 11 is -2.89. The van der Waals surface area contributed by atoms with E-state index in [1.165, 1.54) is 0 Å². The molecule has 0 bridgehead atoms. The van der Waals surface area contributed by atoms with E-state index in [-0.39, 0.29) is 0 Å². The second kappa shape index (κ2) is 4.49. The normalized spacial score (nSPS) is 12.0. The second-order valence-electron chi connectivity index (χ2n) is 1.65. The molecule has 9 heavy (non-hydrogen) atoms. The molecule has 0 heterocycles. The molecule has 3 nitrogen and oxygen atoms in total. The van der Waals surface area contributed by atoms with Gasteiger partial charge in [-0.1, -0.05) is 0 Å². The van der Waals surface area contributed by atoms with Crippen LogP contribution in [0.4, 0.5) is 0 Å². The molecule has 0 aliphatic rings. The third kappa shape index (κ3) is 2.41. The molecule has 0 rings (SSSR count). The molecular weight excluding hydrogens is 227 g/mol. The van der Waals surface area contributed by atoms with Crippen LogP contribution < -0.4 is 0 Å². The molecule has 0 aromatic rings. The van der Waals surface area contributed by atoms with Crippen LogP contribution in [0.5, 0.6) is 0 Å². The SMILES string of the molecule is C[CH2][Sn]([O]C)([O]C)[O]C. The Labute approximate surface area is 61.8 Å². The summed E-state index contributed by atoms with van der Waals surface area (Å²) in [7, 11) is 4.94. The molecule has 0 unspecified atom stereocenters. The van der Waals surface area contributed by atoms with Gasteiger partial charge in [0.05, 0.1) is 0 Å². The Morgan fingerprint density at radius 2 is 1.33 bits per heavy atom. The van der Waals surface area contributed by atoms with Crippen molar-refractivity contribution >= 4 is 19.6 Å². The van der Waals surface area contributed by atoms with Crippen LogP contribution in [0, 0.1) is 0 Å². The van der Waals surface area contributed by atoms with Gasteiger partial charge in [0.15, 0.2) is 0 Å². The zero-order valence-corrected chi connectivity index (χ0v) is 9.29. The molecule has 0 N–H and O–H groups in total. The number of rotatable bonds is 4. The Balaban J connectivity index is 3.82. The summed E-state index contributed by atoms with van der Waals surface area (Å²) in [4.78, 5) is 0. The van der Waals surface area contributed by atoms with Crippen LogP contribution in [0.3, 0.4) is 0 Å². The van der Waals surface area contributed by atoms with E-state index in [9.17, 15) is 0 Å². The van der Waals surface area contributed by atoms with Gasteiger partial charge in [0.2, 0.25) is 0 Å². The fraction of sp³-hybridized carbons (Fsp3) is 1.00. The van der Waals surface area contributed by atoms with Crippen LogP contribution in [0.1, 0.15) is 6.92 Å². The summed E-state index contributed by atoms with van der Waals surface area (Å²) in [5.74, 6) is 0. The minimum absolute atomic E-state index is 0.887. The van der Waals surface area contributed by atoms with Gasteiger partial charge in [-0.3, -0.25) is 0 Å². The molecule has 0 saturated carbocycles. The topological polar surface area (TPSA) is 27.7 Å². The van der Waals surface area contributed by atoms with Crippen molar-refractivity contribution in [3.05, 3.63) is 0 Å². The summed E-state index contributed by atoms with van der Waals surface area (Å²) in [5, 5.41) is 0. The summed E-state index contributed by atoms with van der Waals surface area (Å²) < 4.78 is 16.3. The van der Waals surface area contributed by atoms with Gasteiger partial charge in [0, 0.05) is 0 Å². The first-order valence-corrected chi connectivity index (χ1v) is 8.41. The van der Waals surface area contributed by atoms with E-state index in [0.29, 0.717) is 0 Å². The molecule has 56 valence electrons. The predicted molar refractivity (Wildman–Crippen MR) is 37.3 cm³/mol. The molecule has 0 amide bonds. The summed E-state index contributed by atoms with van der Waals surface area (Å²) in [6.07, 6.45) is 0. The van der Waals surface area contributed by atoms with Crippen molar-refractivity contribution in [3.8, 4) is 0 Å². The van der Waals surface area contributed by atoms with Crippen molar-refractivity contribution in [1.82, 2.24) is 0 Å². The summed E-state index contributed by atoms with van der Waals surface area (Å²) in [5.41, 5.74) is 0. The van der Waals surface area contributed by atoms with Gasteiger partial charge in [-0.2, -0.15) is 0 Å². The van der Waals surface area contributed by atoms with Gasteiger partial charge >= 0.3 is 61.5 Å². The third-order valence-corrected chi connectivity index (χ3v) is 9.16. The zero-order valence-electron chi connectivity index (χ0n) is 6.43. The monoisotopic (exact) mass is 242 g/mol. The Kier molecular flexibility index (Phi) is 4.83. The third-order valence-electron chi connectivity index (χ3n) is 1.37. The fourth-order valence-electron chi connectivity index (χ4n) is 0.683. The van der Waals surface area contributed by atoms with E-state index in [2.05, 4.69) is 0 Å². The molecule has 0 atom stereocenters. The van der Waals surface area contributed by atoms with Gasteiger partial charge in [-0.15, -0.1) is 0 Å². The van der Waals surface area contributed by atoms with Crippen molar-refractivity contribution in [2.75, 3.05) is 21.3 Å². The van der Waals surface area contributed by atoms with E-state index in [4.69, 9.17) is 9.22 Å². The summed E-state index contributed by atoms with van der Waals surface area (Å²) in [6, 6.07) is 0. The second-order valence-corrected chi connectivity index (χ2v) is 11.1. The van der Waals surface area contributed by atoms with Gasteiger partial charge < -0.3 is 0 Å². The number of hydrogen-bond acceptors (Lipinski definition) is 3. The fourth-order valence-corrected chi connectivity index (χ4v) is 4.58. The first-order chi connectivity index (χ1) is 4.24. The van der Waals surface area contributed by atoms with Crippen LogP contribution in [0.2, 0.25) is 4.44 Å². The van der Waals surface area contributed by atoms with E-state index in [0.717, 1.165) is 4.44 Å². The van der Waals surface area contributed by atoms with Gasteiger partial charge in [-0.25, -0.2) is 0 Å². The molecule has 0 aliphatic heterocycles. The Hall–Kier alpha value is 0.679. The number of hydrogen-bond donors (Lipinski definition) is 0. The Bertz CT molecular complexity index is 55.1. The Morgan fingerprint density at radius 1 is 1.00 bits per heavy atom. The first-order valence-electron chi connectivity index (χ1n) is 2.90. The molecular formula is C5H14O3Sn. The average Bonchev–Trinajstić information content (AvgIpc) is 1.95. The molecule has 4 heteroatoms. The molecule has 0 aliphatic carbocycles. The molecule has 0 saturated heterocycles. The molecule has 0 fully saturated rings. The van der Waals surface area contributed by atoms with Crippen LogP contribution >= 0.6 is 0 Å². The van der Waals surface area contributed by atoms with Gasteiger partial charge in [0.25, 0.3) is 0 Å². The average molecular weight is 241 g/mol. The first kappa shape index (κ1) is 9.68. The van der Waals surface area contributed by atoms with Crippen LogP contribution in [-0.4, -0.2) is 40.9 Å². The van der Waals surface area contributed by atoms with Crippen molar-refractivity contribution in [2.24, 2.45) is 0 Å². The van der Waals surface area contributed by atoms with E-state index in [1.54, 1.807) is 21.3 Å². The van der Waals surface area contributed by atoms with Gasteiger partial charge in [0.1, 0.15) is 0 Å². The zero-order chi connectivity index (χ0) is 7.33. The summed E-state index contributed by atoms with van der Waals surface area (Å²) in [6.45, 7) is 2.02. The van der Waals surface area contributed by atoms with Crippen molar-refractivity contribution in [2.45, 2.75) is 11.4 Å². The van der Waals surface area contributed by atoms with Crippen molar-refractivity contribution < 1.29 is 9.22 Å². The molecule has 0 radical (unpaired) electrons. The van der Waals surface area contributed by atoms with Crippen molar-refractivity contribution in [3.63, 3.8) is 0 Å². The van der Waals surface area contributed by atoms with Gasteiger partial charge in [-0.05, 0) is 0 Å². The van der Waals surface area contributed by atoms with Crippen LogP contribution in [-0.2, 0) is 9.22 Å². The van der Waals surface area contributed by atoms with Crippen molar-refractivity contribution in [1.29, 1.82) is 0 Å². The molecule has 0 aromatic heterocycles. The van der Waals surface area contributed by atoms with E-state index >= 15 is 0 Å². The molecule has 0 spiro atoms. The van der Waals surface area contributed by atoms with Crippen LogP contribution in [0.15, 0.2) is 0 Å². The maximum absolute atomic E-state index is 5.15. The Morgan fingerprint density at radius 3 is 1.33 bits per heavy atom. The maximum atomic E-state index is 5.15. The standard InChI is InChI=1S/C2H5.3CH3O.Sn/c4*1-2;/h1H2,2H3;3*1H3;/q;3*-1;+3. The quantitative estimate of drug-likeness (QED) is 0.684. The predicted octanol–water partition coefficient (Wildman–Crippen LogP) is 0.884. The van der Waals surface area contributed by atoms with E-state index in [1.807, 2.05) is 6.92 Å². The van der Waals surface area contributed by atoms with Crippen LogP contribution in [0.25, 0.3) is 0 Å². The van der Waals surface area contributed by atoms with E-state index < -0.39 is 19.6 Å².